The average Bonchev–Trinajstić information content (AvgIpc) is 2.50. The number of esters is 1. The monoisotopic (exact) mass is 359 g/mol. The van der Waals surface area contributed by atoms with Crippen LogP contribution in [0.2, 0.25) is 5.02 Å². The lowest BCUT2D eigenvalue weighted by molar-refractivity contribution is -0.142. The number of nitrogens with zero attached hydrogens (tertiary/aromatic N) is 3. The van der Waals surface area contributed by atoms with Crippen LogP contribution in [0.3, 0.4) is 0 Å². The first-order chi connectivity index (χ1) is 10.9. The van der Waals surface area contributed by atoms with Crippen molar-refractivity contribution in [2.45, 2.75) is 36.8 Å². The van der Waals surface area contributed by atoms with E-state index in [0.717, 1.165) is 36.7 Å². The molecule has 1 atom stereocenters. The van der Waals surface area contributed by atoms with Crippen LogP contribution in [-0.2, 0) is 9.53 Å². The molecule has 0 spiro atoms. The van der Waals surface area contributed by atoms with Gasteiger partial charge in [0.1, 0.15) is 11.1 Å². The summed E-state index contributed by atoms with van der Waals surface area (Å²) in [5, 5.41) is 2.32. The van der Waals surface area contributed by atoms with Gasteiger partial charge < -0.3 is 4.74 Å². The number of benzene rings is 1. The molecule has 0 saturated carbocycles. The van der Waals surface area contributed by atoms with E-state index < -0.39 is 28.5 Å². The summed E-state index contributed by atoms with van der Waals surface area (Å²) < 4.78 is 18.8. The molecule has 1 rings (SSSR count). The zero-order valence-electron chi connectivity index (χ0n) is 12.6. The Balaban J connectivity index is 2.91. The highest BCUT2D eigenvalue weighted by molar-refractivity contribution is 8.00. The number of carbonyl (C=O) groups excluding carboxylic acids is 2. The van der Waals surface area contributed by atoms with Gasteiger partial charge in [0.05, 0.1) is 17.2 Å². The summed E-state index contributed by atoms with van der Waals surface area (Å²) in [6.45, 7) is 3.93. The largest absolute Gasteiger partial charge is 0.465 e. The first-order valence-electron chi connectivity index (χ1n) is 6.82. The van der Waals surface area contributed by atoms with Gasteiger partial charge in [-0.3, -0.25) is 9.59 Å². The van der Waals surface area contributed by atoms with Crippen LogP contribution in [-0.4, -0.2) is 23.7 Å². The maximum atomic E-state index is 13.7. The third-order valence-electron chi connectivity index (χ3n) is 2.77. The van der Waals surface area contributed by atoms with Gasteiger partial charge in [0.15, 0.2) is 0 Å². The van der Waals surface area contributed by atoms with Crippen LogP contribution in [0, 0.1) is 5.82 Å². The highest BCUT2D eigenvalue weighted by Gasteiger charge is 2.20. The Bertz CT molecular complexity index is 650. The smallest absolute Gasteiger partial charge is 0.319 e. The number of hydrogen-bond donors (Lipinski definition) is 0. The molecule has 0 saturated heterocycles. The lowest BCUT2D eigenvalue weighted by Crippen LogP contribution is -2.17. The molecular formula is C14H15ClFN3O3S. The number of thioether (sulfide) groups is 1. The van der Waals surface area contributed by atoms with Crippen molar-refractivity contribution in [3.05, 3.63) is 39.0 Å². The predicted molar refractivity (Wildman–Crippen MR) is 86.1 cm³/mol. The Morgan fingerprint density at radius 1 is 1.52 bits per heavy atom. The van der Waals surface area contributed by atoms with Crippen LogP contribution >= 0.6 is 23.4 Å². The third kappa shape index (κ3) is 5.74. The highest BCUT2D eigenvalue weighted by atomic mass is 35.5. The van der Waals surface area contributed by atoms with E-state index in [1.807, 2.05) is 6.92 Å². The van der Waals surface area contributed by atoms with Gasteiger partial charge in [-0.1, -0.05) is 24.9 Å². The number of amides is 1. The summed E-state index contributed by atoms with van der Waals surface area (Å²) in [6, 6.07) is 2.11. The average molecular weight is 360 g/mol. The minimum atomic E-state index is -1.05. The Hall–Kier alpha value is -1.76. The highest BCUT2D eigenvalue weighted by Crippen LogP contribution is 2.33. The van der Waals surface area contributed by atoms with Crippen LogP contribution in [0.15, 0.2) is 22.1 Å². The molecule has 9 heteroatoms. The van der Waals surface area contributed by atoms with Crippen LogP contribution in [0.4, 0.5) is 4.39 Å². The minimum absolute atomic E-state index is 0.0539. The Kier molecular flexibility index (Phi) is 7.88. The summed E-state index contributed by atoms with van der Waals surface area (Å²) in [5.74, 6) is -2.37. The number of unbranched alkanes of at least 4 members (excludes halogenated alkanes) is 1. The van der Waals surface area contributed by atoms with Gasteiger partial charge in [0.2, 0.25) is 0 Å². The second-order valence-electron chi connectivity index (χ2n) is 4.54. The first-order valence-corrected chi connectivity index (χ1v) is 8.08. The minimum Gasteiger partial charge on any atom is -0.465 e. The summed E-state index contributed by atoms with van der Waals surface area (Å²) in [6.07, 6.45) is 1.68. The molecule has 0 N–H and O–H groups in total. The SMILES string of the molecule is CCCCOC(=O)C(C)Sc1cc(C(=O)N=[N+]=[N-])c(F)cc1Cl. The molecule has 0 aliphatic heterocycles. The Morgan fingerprint density at radius 3 is 2.83 bits per heavy atom. The quantitative estimate of drug-likeness (QED) is 0.175. The predicted octanol–water partition coefficient (Wildman–Crippen LogP) is 4.75. The van der Waals surface area contributed by atoms with E-state index in [-0.39, 0.29) is 5.02 Å². The van der Waals surface area contributed by atoms with Crippen molar-refractivity contribution in [2.75, 3.05) is 6.61 Å². The fraction of sp³-hybridized carbons (Fsp3) is 0.429. The maximum Gasteiger partial charge on any atom is 0.319 e. The molecule has 1 aromatic carbocycles. The first kappa shape index (κ1) is 19.3. The second-order valence-corrected chi connectivity index (χ2v) is 6.33. The van der Waals surface area contributed by atoms with E-state index in [1.54, 1.807) is 6.92 Å². The molecule has 0 aliphatic rings. The van der Waals surface area contributed by atoms with E-state index in [1.165, 1.54) is 0 Å². The summed E-state index contributed by atoms with van der Waals surface area (Å²) in [5.41, 5.74) is 7.85. The number of halogens is 2. The molecule has 0 aliphatic carbocycles. The Labute approximate surface area is 142 Å². The van der Waals surface area contributed by atoms with Crippen LogP contribution in [0.25, 0.3) is 10.4 Å². The fourth-order valence-electron chi connectivity index (χ4n) is 1.55. The molecule has 1 amide bonds. The van der Waals surface area contributed by atoms with Gasteiger partial charge in [0, 0.05) is 9.81 Å². The van der Waals surface area contributed by atoms with Gasteiger partial charge >= 0.3 is 5.97 Å². The lowest BCUT2D eigenvalue weighted by atomic mass is 10.2. The zero-order valence-corrected chi connectivity index (χ0v) is 14.2. The van der Waals surface area contributed by atoms with E-state index in [2.05, 4.69) is 10.0 Å². The molecule has 0 radical (unpaired) electrons. The third-order valence-corrected chi connectivity index (χ3v) is 4.33. The van der Waals surface area contributed by atoms with Crippen LogP contribution < -0.4 is 0 Å². The van der Waals surface area contributed by atoms with Crippen LogP contribution in [0.5, 0.6) is 0 Å². The van der Waals surface area contributed by atoms with E-state index in [9.17, 15) is 14.0 Å². The van der Waals surface area contributed by atoms with E-state index >= 15 is 0 Å². The van der Waals surface area contributed by atoms with E-state index in [4.69, 9.17) is 21.9 Å². The van der Waals surface area contributed by atoms with Gasteiger partial charge in [-0.15, -0.1) is 11.8 Å². The molecule has 0 heterocycles. The summed E-state index contributed by atoms with van der Waals surface area (Å²) in [4.78, 5) is 26.0. The van der Waals surface area contributed by atoms with Crippen molar-refractivity contribution >= 4 is 35.2 Å². The fourth-order valence-corrected chi connectivity index (χ4v) is 2.74. The standard InChI is InChI=1S/C14H15ClFN3O3S/c1-3-4-5-22-14(21)8(2)23-12-6-9(13(20)18-19-17)11(16)7-10(12)15/h6-8H,3-5H2,1-2H3. The van der Waals surface area contributed by atoms with Crippen molar-refractivity contribution in [1.29, 1.82) is 0 Å². The molecule has 0 fully saturated rings. The summed E-state index contributed by atoms with van der Waals surface area (Å²) in [7, 11) is 0. The molecule has 1 aromatic rings. The van der Waals surface area contributed by atoms with Gasteiger partial charge in [-0.2, -0.15) is 0 Å². The van der Waals surface area contributed by atoms with Crippen molar-refractivity contribution in [1.82, 2.24) is 0 Å². The molecule has 6 nitrogen and oxygen atoms in total. The van der Waals surface area contributed by atoms with Gasteiger partial charge in [-0.25, -0.2) is 4.39 Å². The Morgan fingerprint density at radius 2 is 2.22 bits per heavy atom. The molecule has 0 bridgehead atoms. The maximum absolute atomic E-state index is 13.7. The van der Waals surface area contributed by atoms with Crippen molar-refractivity contribution in [2.24, 2.45) is 5.11 Å². The topological polar surface area (TPSA) is 92.1 Å². The lowest BCUT2D eigenvalue weighted by Gasteiger charge is -2.13. The van der Waals surface area contributed by atoms with Gasteiger partial charge in [-0.05, 0) is 36.1 Å². The normalized spacial score (nSPS) is 11.5. The van der Waals surface area contributed by atoms with Gasteiger partial charge in [0.25, 0.3) is 5.91 Å². The van der Waals surface area contributed by atoms with Crippen molar-refractivity contribution in [3.8, 4) is 0 Å². The van der Waals surface area contributed by atoms with Crippen molar-refractivity contribution in [3.63, 3.8) is 0 Å². The summed E-state index contributed by atoms with van der Waals surface area (Å²) >= 11 is 6.97. The number of rotatable bonds is 7. The number of azide groups is 1. The second kappa shape index (κ2) is 9.39. The zero-order chi connectivity index (χ0) is 17.4. The number of ether oxygens (including phenoxy) is 1. The van der Waals surface area contributed by atoms with Crippen LogP contribution in [0.1, 0.15) is 37.0 Å². The molecule has 1 unspecified atom stereocenters. The molecular weight excluding hydrogens is 345 g/mol. The number of hydrogen-bond acceptors (Lipinski definition) is 4. The molecule has 124 valence electrons. The van der Waals surface area contributed by atoms with E-state index in [0.29, 0.717) is 11.5 Å². The van der Waals surface area contributed by atoms with Crippen molar-refractivity contribution < 1.29 is 18.7 Å². The number of carbonyl (C=O) groups is 2. The molecule has 0 aromatic heterocycles. The molecule has 23 heavy (non-hydrogen) atoms.